The van der Waals surface area contributed by atoms with Gasteiger partial charge < -0.3 is 10.5 Å². The number of nitrogen functional groups attached to an aromatic ring is 1. The molecular weight excluding hydrogens is 407 g/mol. The molecule has 32 heavy (non-hydrogen) atoms. The van der Waals surface area contributed by atoms with E-state index in [1.54, 1.807) is 28.6 Å². The van der Waals surface area contributed by atoms with Gasteiger partial charge in [0.05, 0.1) is 22.9 Å². The fraction of sp³-hybridized carbons (Fsp3) is 0.375. The molecule has 0 spiro atoms. The van der Waals surface area contributed by atoms with Crippen molar-refractivity contribution in [2.75, 3.05) is 12.3 Å². The minimum Gasteiger partial charge on any atom is -0.384 e. The number of nitrogens with two attached hydrogens (primary N) is 1. The molecule has 1 saturated carbocycles. The molecule has 6 rings (SSSR count). The van der Waals surface area contributed by atoms with E-state index in [-0.39, 0.29) is 17.9 Å². The van der Waals surface area contributed by atoms with Gasteiger partial charge in [0.1, 0.15) is 23.3 Å². The predicted molar refractivity (Wildman–Crippen MR) is 119 cm³/mol. The van der Waals surface area contributed by atoms with Crippen LogP contribution in [0.4, 0.5) is 10.2 Å². The lowest BCUT2D eigenvalue weighted by Crippen LogP contribution is -2.19. The van der Waals surface area contributed by atoms with E-state index in [9.17, 15) is 5.26 Å². The third-order valence-electron chi connectivity index (χ3n) is 6.74. The average Bonchev–Trinajstić information content (AvgIpc) is 3.52. The van der Waals surface area contributed by atoms with Gasteiger partial charge in [-0.15, -0.1) is 0 Å². The highest BCUT2D eigenvalue weighted by atomic mass is 19.1. The standard InChI is InChI=1S/C24H23FN6O/c1-13-18(25)8-21-17(12-29-31(21)22-4-2-3-7-32-22)23(13)30-20-9-19(14-5-6-14)28-11-16(20)15(10-26)24(30)27/h8-9,11-12,14,22H,2-7,27H2,1H3. The summed E-state index contributed by atoms with van der Waals surface area (Å²) in [6, 6.07) is 5.72. The lowest BCUT2D eigenvalue weighted by Gasteiger charge is -2.23. The quantitative estimate of drug-likeness (QED) is 0.501. The van der Waals surface area contributed by atoms with Crippen molar-refractivity contribution in [1.29, 1.82) is 5.26 Å². The number of halogens is 1. The summed E-state index contributed by atoms with van der Waals surface area (Å²) in [6.07, 6.45) is 8.38. The van der Waals surface area contributed by atoms with Crippen LogP contribution in [-0.4, -0.2) is 25.9 Å². The van der Waals surface area contributed by atoms with Crippen LogP contribution in [0.5, 0.6) is 0 Å². The minimum atomic E-state index is -0.346. The van der Waals surface area contributed by atoms with Gasteiger partial charge in [-0.1, -0.05) is 0 Å². The number of nitrogens with zero attached hydrogens (tertiary/aromatic N) is 5. The molecular formula is C24H23FN6O. The maximum Gasteiger partial charge on any atom is 0.150 e. The molecule has 7 nitrogen and oxygen atoms in total. The van der Waals surface area contributed by atoms with Crippen molar-refractivity contribution < 1.29 is 9.13 Å². The Kier molecular flexibility index (Phi) is 4.24. The van der Waals surface area contributed by atoms with Crippen LogP contribution in [-0.2, 0) is 4.74 Å². The molecule has 1 saturated heterocycles. The SMILES string of the molecule is Cc1c(F)cc2c(cnn2C2CCCCO2)c1-n1c(N)c(C#N)c2cnc(C3CC3)cc21. The Bertz CT molecular complexity index is 1420. The van der Waals surface area contributed by atoms with Crippen molar-refractivity contribution in [3.8, 4) is 11.8 Å². The normalized spacial score (nSPS) is 19.0. The molecule has 1 aromatic carbocycles. The zero-order valence-electron chi connectivity index (χ0n) is 17.8. The van der Waals surface area contributed by atoms with Gasteiger partial charge in [0.2, 0.25) is 0 Å². The molecule has 1 aliphatic carbocycles. The van der Waals surface area contributed by atoms with Gasteiger partial charge in [-0.25, -0.2) is 9.07 Å². The predicted octanol–water partition coefficient (Wildman–Crippen LogP) is 4.85. The zero-order valence-corrected chi connectivity index (χ0v) is 17.8. The fourth-order valence-corrected chi connectivity index (χ4v) is 4.85. The van der Waals surface area contributed by atoms with E-state index in [2.05, 4.69) is 16.2 Å². The molecule has 162 valence electrons. The number of benzene rings is 1. The molecule has 2 N–H and O–H groups in total. The number of aromatic nitrogens is 4. The monoisotopic (exact) mass is 430 g/mol. The van der Waals surface area contributed by atoms with Crippen LogP contribution in [0.2, 0.25) is 0 Å². The van der Waals surface area contributed by atoms with Crippen molar-refractivity contribution in [3.63, 3.8) is 0 Å². The Morgan fingerprint density at radius 1 is 1.16 bits per heavy atom. The summed E-state index contributed by atoms with van der Waals surface area (Å²) >= 11 is 0. The number of nitriles is 1. The molecule has 0 bridgehead atoms. The molecule has 4 aromatic rings. The third kappa shape index (κ3) is 2.74. The van der Waals surface area contributed by atoms with Crippen LogP contribution in [0, 0.1) is 24.1 Å². The van der Waals surface area contributed by atoms with E-state index in [4.69, 9.17) is 10.5 Å². The molecule has 1 atom stereocenters. The number of hydrogen-bond acceptors (Lipinski definition) is 5. The second kappa shape index (κ2) is 7.04. The van der Waals surface area contributed by atoms with Crippen molar-refractivity contribution in [2.24, 2.45) is 0 Å². The topological polar surface area (TPSA) is 94.7 Å². The largest absolute Gasteiger partial charge is 0.384 e. The summed E-state index contributed by atoms with van der Waals surface area (Å²) < 4.78 is 24.7. The van der Waals surface area contributed by atoms with E-state index in [0.29, 0.717) is 40.2 Å². The van der Waals surface area contributed by atoms with Gasteiger partial charge in [0, 0.05) is 46.8 Å². The van der Waals surface area contributed by atoms with Gasteiger partial charge in [-0.2, -0.15) is 10.4 Å². The van der Waals surface area contributed by atoms with E-state index < -0.39 is 0 Å². The van der Waals surface area contributed by atoms with Crippen LogP contribution < -0.4 is 5.73 Å². The van der Waals surface area contributed by atoms with E-state index in [1.165, 1.54) is 6.07 Å². The van der Waals surface area contributed by atoms with Crippen LogP contribution in [0.25, 0.3) is 27.5 Å². The fourth-order valence-electron chi connectivity index (χ4n) is 4.85. The summed E-state index contributed by atoms with van der Waals surface area (Å²) in [6.45, 7) is 2.41. The Hall–Kier alpha value is -3.44. The molecule has 4 heterocycles. The van der Waals surface area contributed by atoms with Crippen LogP contribution in [0.1, 0.15) is 61.1 Å². The minimum absolute atomic E-state index is 0.213. The van der Waals surface area contributed by atoms with Crippen LogP contribution in [0.15, 0.2) is 24.5 Å². The molecule has 2 fully saturated rings. The van der Waals surface area contributed by atoms with Gasteiger partial charge in [0.25, 0.3) is 0 Å². The number of fused-ring (bicyclic) bond motifs is 2. The number of hydrogen-bond donors (Lipinski definition) is 1. The summed E-state index contributed by atoms with van der Waals surface area (Å²) in [5.74, 6) is 0.379. The van der Waals surface area contributed by atoms with E-state index in [0.717, 1.165) is 48.7 Å². The number of pyridine rings is 1. The summed E-state index contributed by atoms with van der Waals surface area (Å²) in [7, 11) is 0. The summed E-state index contributed by atoms with van der Waals surface area (Å²) in [5.41, 5.74) is 10.3. The van der Waals surface area contributed by atoms with Gasteiger partial charge in [-0.3, -0.25) is 9.55 Å². The van der Waals surface area contributed by atoms with Crippen molar-refractivity contribution in [1.82, 2.24) is 19.3 Å². The third-order valence-corrected chi connectivity index (χ3v) is 6.74. The van der Waals surface area contributed by atoms with Crippen molar-refractivity contribution in [3.05, 3.63) is 47.2 Å². The highest BCUT2D eigenvalue weighted by molar-refractivity contribution is 5.98. The smallest absolute Gasteiger partial charge is 0.150 e. The first-order chi connectivity index (χ1) is 15.6. The lowest BCUT2D eigenvalue weighted by atomic mass is 10.1. The van der Waals surface area contributed by atoms with E-state index >= 15 is 4.39 Å². The molecule has 2 aliphatic rings. The van der Waals surface area contributed by atoms with Crippen LogP contribution >= 0.6 is 0 Å². The molecule has 0 amide bonds. The van der Waals surface area contributed by atoms with Crippen LogP contribution in [0.3, 0.4) is 0 Å². The molecule has 0 radical (unpaired) electrons. The molecule has 1 unspecified atom stereocenters. The van der Waals surface area contributed by atoms with Gasteiger partial charge in [0.15, 0.2) is 6.23 Å². The Morgan fingerprint density at radius 3 is 2.72 bits per heavy atom. The molecule has 8 heteroatoms. The van der Waals surface area contributed by atoms with Crippen molar-refractivity contribution >= 4 is 27.6 Å². The van der Waals surface area contributed by atoms with Gasteiger partial charge >= 0.3 is 0 Å². The zero-order chi connectivity index (χ0) is 22.0. The summed E-state index contributed by atoms with van der Waals surface area (Å²) in [4.78, 5) is 4.57. The maximum absolute atomic E-state index is 15.2. The van der Waals surface area contributed by atoms with E-state index in [1.807, 2.05) is 6.07 Å². The first-order valence-corrected chi connectivity index (χ1v) is 11.1. The van der Waals surface area contributed by atoms with Crippen molar-refractivity contribution in [2.45, 2.75) is 51.2 Å². The lowest BCUT2D eigenvalue weighted by molar-refractivity contribution is -0.0366. The number of anilines is 1. The first-order valence-electron chi connectivity index (χ1n) is 11.1. The second-order valence-electron chi connectivity index (χ2n) is 8.78. The Balaban J connectivity index is 1.65. The highest BCUT2D eigenvalue weighted by Gasteiger charge is 2.28. The van der Waals surface area contributed by atoms with Gasteiger partial charge in [-0.05, 0) is 45.1 Å². The number of ether oxygens (including phenoxy) is 1. The molecule has 3 aromatic heterocycles. The Labute approximate surface area is 184 Å². The first kappa shape index (κ1) is 19.3. The summed E-state index contributed by atoms with van der Waals surface area (Å²) in [5, 5.41) is 15.8. The average molecular weight is 430 g/mol. The molecule has 1 aliphatic heterocycles. The maximum atomic E-state index is 15.2. The highest BCUT2D eigenvalue weighted by Crippen LogP contribution is 2.42. The second-order valence-corrected chi connectivity index (χ2v) is 8.78. The number of rotatable bonds is 3. The Morgan fingerprint density at radius 2 is 2.00 bits per heavy atom.